The molecule has 32 heavy (non-hydrogen) atoms. The van der Waals surface area contributed by atoms with Crippen LogP contribution in [0.4, 0.5) is 0 Å². The monoisotopic (exact) mass is 442 g/mol. The number of fused-ring (bicyclic) bond motifs is 2. The summed E-state index contributed by atoms with van der Waals surface area (Å²) >= 11 is 1.49. The Morgan fingerprint density at radius 2 is 1.75 bits per heavy atom. The van der Waals surface area contributed by atoms with Gasteiger partial charge in [0.05, 0.1) is 12.0 Å². The van der Waals surface area contributed by atoms with Crippen LogP contribution in [0.5, 0.6) is 5.75 Å². The van der Waals surface area contributed by atoms with Crippen molar-refractivity contribution >= 4 is 28.5 Å². The molecule has 0 spiro atoms. The van der Waals surface area contributed by atoms with E-state index in [0.717, 1.165) is 27.5 Å². The molecule has 2 aliphatic heterocycles. The van der Waals surface area contributed by atoms with Crippen LogP contribution in [0.2, 0.25) is 0 Å². The number of carbonyl (C=O) groups is 1. The number of nitrogens with one attached hydrogen (secondary N) is 1. The van der Waals surface area contributed by atoms with Crippen LogP contribution in [-0.2, 0) is 10.5 Å². The van der Waals surface area contributed by atoms with Crippen molar-refractivity contribution in [3.05, 3.63) is 101 Å². The normalized spacial score (nSPS) is 17.0. The van der Waals surface area contributed by atoms with E-state index >= 15 is 0 Å². The molecule has 3 aromatic carbocycles. The van der Waals surface area contributed by atoms with Crippen molar-refractivity contribution in [2.75, 3.05) is 6.61 Å². The summed E-state index contributed by atoms with van der Waals surface area (Å²) in [5.41, 5.74) is 2.53. The minimum atomic E-state index is -0.499. The zero-order valence-electron chi connectivity index (χ0n) is 17.6. The first-order chi connectivity index (χ1) is 15.7. The average Bonchev–Trinajstić information content (AvgIpc) is 2.83. The second kappa shape index (κ2) is 8.88. The summed E-state index contributed by atoms with van der Waals surface area (Å²) in [6.07, 6.45) is -0.499. The third kappa shape index (κ3) is 3.87. The van der Waals surface area contributed by atoms with Gasteiger partial charge in [0.25, 0.3) is 5.91 Å². The van der Waals surface area contributed by atoms with Gasteiger partial charge in [-0.15, -0.1) is 5.10 Å². The van der Waals surface area contributed by atoms with Gasteiger partial charge in [-0.25, -0.2) is 5.01 Å². The first kappa shape index (κ1) is 20.3. The molecule has 7 heteroatoms. The number of para-hydroxylation sites is 2. The second-order valence-corrected chi connectivity index (χ2v) is 8.28. The molecule has 6 nitrogen and oxygen atoms in total. The highest BCUT2D eigenvalue weighted by Gasteiger charge is 2.35. The number of carbonyl (C=O) groups excluding carboxylic acids is 1. The van der Waals surface area contributed by atoms with Crippen molar-refractivity contribution in [3.63, 3.8) is 0 Å². The minimum absolute atomic E-state index is 0.184. The highest BCUT2D eigenvalue weighted by molar-refractivity contribution is 8.13. The smallest absolute Gasteiger partial charge is 0.276 e. The van der Waals surface area contributed by atoms with E-state index in [9.17, 15) is 4.79 Å². The van der Waals surface area contributed by atoms with Crippen LogP contribution >= 0.6 is 11.8 Å². The number of hydrogen-bond acceptors (Lipinski definition) is 6. The fraction of sp³-hybridized carbons (Fsp3) is 0.160. The van der Waals surface area contributed by atoms with Gasteiger partial charge in [-0.05, 0) is 24.6 Å². The van der Waals surface area contributed by atoms with E-state index in [4.69, 9.17) is 14.8 Å². The Hall–Kier alpha value is -3.58. The third-order valence-electron chi connectivity index (χ3n) is 5.23. The Balaban J connectivity index is 1.59. The summed E-state index contributed by atoms with van der Waals surface area (Å²) < 4.78 is 5.87. The van der Waals surface area contributed by atoms with Gasteiger partial charge in [0.2, 0.25) is 0 Å². The fourth-order valence-corrected chi connectivity index (χ4v) is 4.61. The van der Waals surface area contributed by atoms with Gasteiger partial charge >= 0.3 is 0 Å². The molecule has 1 atom stereocenters. The molecule has 0 aromatic heterocycles. The first-order valence-electron chi connectivity index (χ1n) is 10.5. The van der Waals surface area contributed by atoms with Crippen LogP contribution < -0.4 is 20.6 Å². The van der Waals surface area contributed by atoms with Gasteiger partial charge in [-0.1, -0.05) is 78.5 Å². The Bertz CT molecular complexity index is 1310. The van der Waals surface area contributed by atoms with Gasteiger partial charge in [0, 0.05) is 16.5 Å². The van der Waals surface area contributed by atoms with E-state index in [0.29, 0.717) is 23.2 Å². The summed E-state index contributed by atoms with van der Waals surface area (Å²) in [6, 6.07) is 25.6. The van der Waals surface area contributed by atoms with Crippen LogP contribution in [0.15, 0.2) is 89.0 Å². The first-order valence-corrected chi connectivity index (χ1v) is 11.5. The van der Waals surface area contributed by atoms with Gasteiger partial charge in [0.15, 0.2) is 11.3 Å². The maximum Gasteiger partial charge on any atom is 0.276 e. The van der Waals surface area contributed by atoms with Crippen LogP contribution in [0.25, 0.3) is 5.70 Å². The average molecular weight is 443 g/mol. The van der Waals surface area contributed by atoms with Crippen LogP contribution in [0.1, 0.15) is 24.2 Å². The van der Waals surface area contributed by atoms with E-state index in [1.807, 2.05) is 73.7 Å². The molecular formula is C25H22N4O2S. The summed E-state index contributed by atoms with van der Waals surface area (Å²) in [5.74, 6) is 1.26. The number of thioether (sulfide) groups is 1. The Morgan fingerprint density at radius 1 is 1.00 bits per heavy atom. The lowest BCUT2D eigenvalue weighted by Crippen LogP contribution is -2.50. The molecule has 1 amide bonds. The molecule has 2 heterocycles. The maximum atomic E-state index is 13.2. The largest absolute Gasteiger partial charge is 0.493 e. The molecule has 0 saturated carbocycles. The standard InChI is InChI=1S/C25H22N4O2S/c1-2-31-21-15-9-7-13-19(21)23-26-20-14-8-6-12-18(20)22-24(30)27-25(28-29(22)23)32-16-17-10-4-3-5-11-17/h3-15,23H,2,16H2,1H3,(H,27,28,30). The maximum absolute atomic E-state index is 13.2. The van der Waals surface area contributed by atoms with Crippen LogP contribution in [0.3, 0.4) is 0 Å². The third-order valence-corrected chi connectivity index (χ3v) is 6.17. The van der Waals surface area contributed by atoms with Crippen molar-refractivity contribution < 1.29 is 9.53 Å². The summed E-state index contributed by atoms with van der Waals surface area (Å²) in [4.78, 5) is 18.2. The fourth-order valence-electron chi connectivity index (χ4n) is 3.80. The Morgan fingerprint density at radius 3 is 2.59 bits per heavy atom. The molecule has 1 N–H and O–H groups in total. The lowest BCUT2D eigenvalue weighted by Gasteiger charge is -2.34. The Kier molecular flexibility index (Phi) is 5.64. The van der Waals surface area contributed by atoms with Crippen LogP contribution in [-0.4, -0.2) is 22.7 Å². The molecule has 1 unspecified atom stereocenters. The lowest BCUT2D eigenvalue weighted by atomic mass is 10.1. The molecule has 0 fully saturated rings. The molecule has 0 saturated heterocycles. The van der Waals surface area contributed by atoms with E-state index in [1.165, 1.54) is 11.8 Å². The molecule has 0 aliphatic carbocycles. The predicted octanol–water partition coefficient (Wildman–Crippen LogP) is 3.16. The number of hydrogen-bond donors (Lipinski definition) is 1. The van der Waals surface area contributed by atoms with Crippen molar-refractivity contribution in [2.24, 2.45) is 10.1 Å². The quantitative estimate of drug-likeness (QED) is 0.659. The molecule has 0 radical (unpaired) electrons. The number of amidine groups is 1. The zero-order valence-corrected chi connectivity index (χ0v) is 18.4. The summed E-state index contributed by atoms with van der Waals surface area (Å²) in [7, 11) is 0. The molecular weight excluding hydrogens is 420 g/mol. The predicted molar refractivity (Wildman–Crippen MR) is 126 cm³/mol. The van der Waals surface area contributed by atoms with Crippen LogP contribution in [0, 0.1) is 0 Å². The van der Waals surface area contributed by atoms with Crippen molar-refractivity contribution in [1.29, 1.82) is 0 Å². The number of hydrazone groups is 1. The highest BCUT2D eigenvalue weighted by atomic mass is 32.2. The molecule has 2 aliphatic rings. The summed E-state index contributed by atoms with van der Waals surface area (Å²) in [5, 5.41) is 11.6. The van der Waals surface area contributed by atoms with Crippen molar-refractivity contribution in [3.8, 4) is 5.75 Å². The van der Waals surface area contributed by atoms with Gasteiger partial charge in [-0.3, -0.25) is 15.1 Å². The van der Waals surface area contributed by atoms with Gasteiger partial charge in [0.1, 0.15) is 11.4 Å². The Labute approximate surface area is 190 Å². The van der Waals surface area contributed by atoms with Crippen molar-refractivity contribution in [2.45, 2.75) is 18.8 Å². The molecule has 0 bridgehead atoms. The molecule has 5 rings (SSSR count). The van der Waals surface area contributed by atoms with E-state index in [-0.39, 0.29) is 5.91 Å². The highest BCUT2D eigenvalue weighted by Crippen LogP contribution is 2.35. The van der Waals surface area contributed by atoms with E-state index in [2.05, 4.69) is 17.4 Å². The number of benzene rings is 3. The second-order valence-electron chi connectivity index (χ2n) is 7.32. The van der Waals surface area contributed by atoms with Gasteiger partial charge in [-0.2, -0.15) is 0 Å². The zero-order chi connectivity index (χ0) is 21.9. The minimum Gasteiger partial charge on any atom is -0.493 e. The van der Waals surface area contributed by atoms with E-state index < -0.39 is 6.17 Å². The number of amides is 1. The summed E-state index contributed by atoms with van der Waals surface area (Å²) in [6.45, 7) is 2.49. The number of ether oxygens (including phenoxy) is 1. The van der Waals surface area contributed by atoms with Gasteiger partial charge < -0.3 is 4.74 Å². The molecule has 3 aromatic rings. The molecule has 160 valence electrons. The topological polar surface area (TPSA) is 66.3 Å². The SMILES string of the molecule is CCOc1ccccc1C1N=c2ccccc2=C2C(=O)NC(SCc3ccccc3)=NN21. The number of rotatable bonds is 5. The lowest BCUT2D eigenvalue weighted by molar-refractivity contribution is -0.116. The van der Waals surface area contributed by atoms with E-state index in [1.54, 1.807) is 5.01 Å². The van der Waals surface area contributed by atoms with Crippen molar-refractivity contribution in [1.82, 2.24) is 10.3 Å². The number of nitrogens with zero attached hydrogens (tertiary/aromatic N) is 3.